The average Bonchev–Trinajstić information content (AvgIpc) is 2.89. The Morgan fingerprint density at radius 2 is 1.87 bits per heavy atom. The molecule has 6 heteroatoms. The smallest absolute Gasteiger partial charge is 0.241 e. The normalized spacial score (nSPS) is 12.3. The van der Waals surface area contributed by atoms with Crippen molar-refractivity contribution in [3.8, 4) is 0 Å². The minimum absolute atomic E-state index is 0.284. The fraction of sp³-hybridized carbons (Fsp3) is 0.118. The van der Waals surface area contributed by atoms with Gasteiger partial charge in [0.1, 0.15) is 0 Å². The van der Waals surface area contributed by atoms with Crippen LogP contribution < -0.4 is 11.1 Å². The van der Waals surface area contributed by atoms with E-state index in [9.17, 15) is 4.79 Å². The molecule has 1 atom stereocenters. The van der Waals surface area contributed by atoms with Gasteiger partial charge in [-0.15, -0.1) is 0 Å². The molecule has 0 aliphatic carbocycles. The van der Waals surface area contributed by atoms with E-state index in [1.807, 2.05) is 30.5 Å². The van der Waals surface area contributed by atoms with E-state index in [1.54, 1.807) is 18.2 Å². The van der Waals surface area contributed by atoms with Crippen LogP contribution in [0.1, 0.15) is 5.56 Å². The molecule has 23 heavy (non-hydrogen) atoms. The maximum absolute atomic E-state index is 12.3. The standard InChI is InChI=1S/C17H15Cl2N3O/c18-11-6-12(19)8-13(7-11)22-17(23)15(20)5-10-9-21-16-4-2-1-3-14(10)16/h1-4,6-9,15,21H,5,20H2,(H,22,23)/t15-/m0/s1. The van der Waals surface area contributed by atoms with Gasteiger partial charge in [-0.05, 0) is 36.2 Å². The summed E-state index contributed by atoms with van der Waals surface area (Å²) in [6.45, 7) is 0. The summed E-state index contributed by atoms with van der Waals surface area (Å²) >= 11 is 11.8. The first kappa shape index (κ1) is 15.9. The molecule has 1 heterocycles. The number of carbonyl (C=O) groups excluding carboxylic acids is 1. The van der Waals surface area contributed by atoms with Crippen LogP contribution in [0.4, 0.5) is 5.69 Å². The molecule has 118 valence electrons. The van der Waals surface area contributed by atoms with Gasteiger partial charge in [0.25, 0.3) is 0 Å². The Balaban J connectivity index is 1.72. The van der Waals surface area contributed by atoms with E-state index >= 15 is 0 Å². The number of carbonyl (C=O) groups is 1. The highest BCUT2D eigenvalue weighted by molar-refractivity contribution is 6.35. The van der Waals surface area contributed by atoms with Gasteiger partial charge in [-0.1, -0.05) is 41.4 Å². The predicted octanol–water partition coefficient (Wildman–Crippen LogP) is 3.98. The van der Waals surface area contributed by atoms with Gasteiger partial charge in [-0.3, -0.25) is 4.79 Å². The molecule has 0 bridgehead atoms. The van der Waals surface area contributed by atoms with Gasteiger partial charge in [-0.25, -0.2) is 0 Å². The molecule has 2 aromatic carbocycles. The summed E-state index contributed by atoms with van der Waals surface area (Å²) < 4.78 is 0. The van der Waals surface area contributed by atoms with Crippen molar-refractivity contribution in [2.24, 2.45) is 5.73 Å². The van der Waals surface area contributed by atoms with Crippen LogP contribution in [-0.4, -0.2) is 16.9 Å². The zero-order valence-electron chi connectivity index (χ0n) is 12.1. The Kier molecular flexibility index (Phi) is 4.57. The van der Waals surface area contributed by atoms with Gasteiger partial charge >= 0.3 is 0 Å². The summed E-state index contributed by atoms with van der Waals surface area (Å²) in [6.07, 6.45) is 2.32. The van der Waals surface area contributed by atoms with Crippen molar-refractivity contribution in [1.82, 2.24) is 4.98 Å². The van der Waals surface area contributed by atoms with Crippen molar-refractivity contribution in [2.45, 2.75) is 12.5 Å². The highest BCUT2D eigenvalue weighted by Gasteiger charge is 2.16. The molecule has 4 N–H and O–H groups in total. The van der Waals surface area contributed by atoms with Gasteiger partial charge in [-0.2, -0.15) is 0 Å². The first-order chi connectivity index (χ1) is 11.0. The highest BCUT2D eigenvalue weighted by atomic mass is 35.5. The zero-order chi connectivity index (χ0) is 16.4. The minimum Gasteiger partial charge on any atom is -0.361 e. The maximum Gasteiger partial charge on any atom is 0.241 e. The van der Waals surface area contributed by atoms with Crippen LogP contribution in [0.2, 0.25) is 10.0 Å². The number of para-hydroxylation sites is 1. The Hall–Kier alpha value is -2.01. The Morgan fingerprint density at radius 1 is 1.17 bits per heavy atom. The van der Waals surface area contributed by atoms with Gasteiger partial charge in [0.15, 0.2) is 0 Å². The molecule has 0 saturated heterocycles. The SMILES string of the molecule is N[C@@H](Cc1c[nH]c2ccccc12)C(=O)Nc1cc(Cl)cc(Cl)c1. The molecule has 0 aliphatic rings. The molecule has 0 aliphatic heterocycles. The van der Waals surface area contributed by atoms with Crippen LogP contribution >= 0.6 is 23.2 Å². The number of aromatic nitrogens is 1. The largest absolute Gasteiger partial charge is 0.361 e. The van der Waals surface area contributed by atoms with Gasteiger partial charge < -0.3 is 16.0 Å². The number of nitrogens with two attached hydrogens (primary N) is 1. The number of hydrogen-bond donors (Lipinski definition) is 3. The molecule has 0 fully saturated rings. The van der Waals surface area contributed by atoms with E-state index in [0.29, 0.717) is 22.2 Å². The number of fused-ring (bicyclic) bond motifs is 1. The number of halogens is 2. The van der Waals surface area contributed by atoms with Crippen LogP contribution in [0.3, 0.4) is 0 Å². The summed E-state index contributed by atoms with van der Waals surface area (Å²) in [5.74, 6) is -0.284. The van der Waals surface area contributed by atoms with E-state index in [4.69, 9.17) is 28.9 Å². The lowest BCUT2D eigenvalue weighted by Gasteiger charge is -2.12. The summed E-state index contributed by atoms with van der Waals surface area (Å²) in [4.78, 5) is 15.4. The zero-order valence-corrected chi connectivity index (χ0v) is 13.7. The summed E-state index contributed by atoms with van der Waals surface area (Å²) in [6, 6.07) is 12.1. The fourth-order valence-electron chi connectivity index (χ4n) is 2.49. The van der Waals surface area contributed by atoms with Gasteiger partial charge in [0.05, 0.1) is 6.04 Å². The van der Waals surface area contributed by atoms with Crippen molar-refractivity contribution in [2.75, 3.05) is 5.32 Å². The maximum atomic E-state index is 12.3. The summed E-state index contributed by atoms with van der Waals surface area (Å²) in [5.41, 5.74) is 8.59. The van der Waals surface area contributed by atoms with Gasteiger partial charge in [0.2, 0.25) is 5.91 Å². The minimum atomic E-state index is -0.674. The van der Waals surface area contributed by atoms with Gasteiger partial charge in [0, 0.05) is 32.8 Å². The lowest BCUT2D eigenvalue weighted by atomic mass is 10.0. The van der Waals surface area contributed by atoms with Crippen LogP contribution in [0.15, 0.2) is 48.7 Å². The number of hydrogen-bond acceptors (Lipinski definition) is 2. The topological polar surface area (TPSA) is 70.9 Å². The molecule has 3 rings (SSSR count). The molecular weight excluding hydrogens is 333 g/mol. The van der Waals surface area contributed by atoms with Crippen molar-refractivity contribution in [1.29, 1.82) is 0 Å². The van der Waals surface area contributed by atoms with Crippen molar-refractivity contribution < 1.29 is 4.79 Å². The third-order valence-electron chi connectivity index (χ3n) is 3.58. The second-order valence-corrected chi connectivity index (χ2v) is 6.19. The highest BCUT2D eigenvalue weighted by Crippen LogP contribution is 2.23. The first-order valence-corrected chi connectivity index (χ1v) is 7.86. The number of benzene rings is 2. The quantitative estimate of drug-likeness (QED) is 0.667. The van der Waals surface area contributed by atoms with Crippen LogP contribution in [0.5, 0.6) is 0 Å². The monoisotopic (exact) mass is 347 g/mol. The Morgan fingerprint density at radius 3 is 2.61 bits per heavy atom. The lowest BCUT2D eigenvalue weighted by Crippen LogP contribution is -2.37. The van der Waals surface area contributed by atoms with E-state index < -0.39 is 6.04 Å². The number of nitrogens with one attached hydrogen (secondary N) is 2. The fourth-order valence-corrected chi connectivity index (χ4v) is 3.02. The number of aromatic amines is 1. The molecule has 1 aromatic heterocycles. The van der Waals surface area contributed by atoms with Crippen LogP contribution in [-0.2, 0) is 11.2 Å². The van der Waals surface area contributed by atoms with Crippen molar-refractivity contribution >= 4 is 45.7 Å². The molecule has 0 spiro atoms. The van der Waals surface area contributed by atoms with Crippen molar-refractivity contribution in [3.05, 3.63) is 64.3 Å². The third-order valence-corrected chi connectivity index (χ3v) is 4.02. The van der Waals surface area contributed by atoms with E-state index in [1.165, 1.54) is 0 Å². The molecule has 1 amide bonds. The Labute approximate surface area is 143 Å². The average molecular weight is 348 g/mol. The summed E-state index contributed by atoms with van der Waals surface area (Å²) in [5, 5.41) is 4.72. The summed E-state index contributed by atoms with van der Waals surface area (Å²) in [7, 11) is 0. The van der Waals surface area contributed by atoms with E-state index in [-0.39, 0.29) is 5.91 Å². The second kappa shape index (κ2) is 6.62. The molecular formula is C17H15Cl2N3O. The Bertz CT molecular complexity index is 840. The number of H-pyrrole nitrogens is 1. The van der Waals surface area contributed by atoms with E-state index in [2.05, 4.69) is 10.3 Å². The molecule has 4 nitrogen and oxygen atoms in total. The second-order valence-electron chi connectivity index (χ2n) is 5.32. The molecule has 0 unspecified atom stereocenters. The first-order valence-electron chi connectivity index (χ1n) is 7.10. The predicted molar refractivity (Wildman–Crippen MR) is 95.1 cm³/mol. The number of rotatable bonds is 4. The van der Waals surface area contributed by atoms with E-state index in [0.717, 1.165) is 16.5 Å². The van der Waals surface area contributed by atoms with Crippen LogP contribution in [0, 0.1) is 0 Å². The lowest BCUT2D eigenvalue weighted by molar-refractivity contribution is -0.117. The number of anilines is 1. The molecule has 0 saturated carbocycles. The third kappa shape index (κ3) is 3.67. The molecule has 3 aromatic rings. The van der Waals surface area contributed by atoms with Crippen molar-refractivity contribution in [3.63, 3.8) is 0 Å². The number of amides is 1. The van der Waals surface area contributed by atoms with Crippen LogP contribution in [0.25, 0.3) is 10.9 Å². The molecule has 0 radical (unpaired) electrons.